The van der Waals surface area contributed by atoms with Crippen LogP contribution >= 0.6 is 15.9 Å². The lowest BCUT2D eigenvalue weighted by Gasteiger charge is -2.05. The fraction of sp³-hybridized carbons (Fsp3) is 0.308. The van der Waals surface area contributed by atoms with Crippen molar-refractivity contribution in [3.8, 4) is 5.75 Å². The van der Waals surface area contributed by atoms with Crippen LogP contribution in [-0.2, 0) is 0 Å². The highest BCUT2D eigenvalue weighted by atomic mass is 79.9. The molecule has 0 saturated heterocycles. The molecule has 90 valence electrons. The third-order valence-corrected chi connectivity index (χ3v) is 2.93. The number of ether oxygens (including phenoxy) is 1. The van der Waals surface area contributed by atoms with Gasteiger partial charge in [0.15, 0.2) is 5.43 Å². The number of rotatable bonds is 4. The van der Waals surface area contributed by atoms with E-state index in [0.717, 1.165) is 17.5 Å². The first kappa shape index (κ1) is 12.2. The molecule has 0 N–H and O–H groups in total. The van der Waals surface area contributed by atoms with Crippen LogP contribution in [0.1, 0.15) is 12.2 Å². The highest BCUT2D eigenvalue weighted by Gasteiger charge is 2.04. The van der Waals surface area contributed by atoms with E-state index in [1.807, 2.05) is 0 Å². The molecule has 0 aliphatic heterocycles. The van der Waals surface area contributed by atoms with E-state index < -0.39 is 0 Å². The van der Waals surface area contributed by atoms with Gasteiger partial charge in [0.05, 0.1) is 12.0 Å². The highest BCUT2D eigenvalue weighted by Crippen LogP contribution is 2.19. The van der Waals surface area contributed by atoms with Gasteiger partial charge in [-0.05, 0) is 25.5 Å². The Morgan fingerprint density at radius 2 is 2.18 bits per heavy atom. The lowest BCUT2D eigenvalue weighted by atomic mass is 10.2. The van der Waals surface area contributed by atoms with Crippen molar-refractivity contribution in [2.75, 3.05) is 11.9 Å². The molecule has 0 fully saturated rings. The molecule has 1 heterocycles. The predicted octanol–water partition coefficient (Wildman–Crippen LogP) is 3.27. The lowest BCUT2D eigenvalue weighted by molar-refractivity contribution is 0.319. The van der Waals surface area contributed by atoms with Crippen LogP contribution in [0.2, 0.25) is 0 Å². The van der Waals surface area contributed by atoms with Gasteiger partial charge in [0.1, 0.15) is 17.1 Å². The summed E-state index contributed by atoms with van der Waals surface area (Å²) in [6.07, 6.45) is 0.940. The molecule has 0 spiro atoms. The maximum absolute atomic E-state index is 11.7. The first-order valence-electron chi connectivity index (χ1n) is 5.44. The van der Waals surface area contributed by atoms with E-state index in [9.17, 15) is 4.79 Å². The second-order valence-corrected chi connectivity index (χ2v) is 4.56. The van der Waals surface area contributed by atoms with Gasteiger partial charge in [-0.25, -0.2) is 0 Å². The monoisotopic (exact) mass is 296 g/mol. The van der Waals surface area contributed by atoms with Gasteiger partial charge in [-0.1, -0.05) is 15.9 Å². The van der Waals surface area contributed by atoms with Crippen molar-refractivity contribution in [2.24, 2.45) is 0 Å². The first-order valence-corrected chi connectivity index (χ1v) is 6.56. The maximum Gasteiger partial charge on any atom is 0.192 e. The van der Waals surface area contributed by atoms with E-state index in [1.165, 1.54) is 6.07 Å². The van der Waals surface area contributed by atoms with Gasteiger partial charge in [-0.3, -0.25) is 4.79 Å². The molecule has 0 unspecified atom stereocenters. The third kappa shape index (κ3) is 2.88. The SMILES string of the molecule is Cc1cc(=O)c2ccc(OCCCBr)cc2o1. The number of fused-ring (bicyclic) bond motifs is 1. The summed E-state index contributed by atoms with van der Waals surface area (Å²) in [7, 11) is 0. The Labute approximate surface area is 108 Å². The van der Waals surface area contributed by atoms with E-state index in [4.69, 9.17) is 9.15 Å². The minimum atomic E-state index is -0.0178. The second kappa shape index (κ2) is 5.36. The van der Waals surface area contributed by atoms with Crippen LogP contribution in [-0.4, -0.2) is 11.9 Å². The molecule has 0 saturated carbocycles. The number of alkyl halides is 1. The minimum absolute atomic E-state index is 0.0178. The lowest BCUT2D eigenvalue weighted by Crippen LogP contribution is -2.01. The molecule has 0 bridgehead atoms. The zero-order valence-electron chi connectivity index (χ0n) is 9.53. The molecule has 2 rings (SSSR count). The van der Waals surface area contributed by atoms with E-state index in [2.05, 4.69) is 15.9 Å². The molecule has 0 atom stereocenters. The molecule has 0 aliphatic carbocycles. The van der Waals surface area contributed by atoms with Crippen LogP contribution in [0.3, 0.4) is 0 Å². The Morgan fingerprint density at radius 3 is 2.94 bits per heavy atom. The van der Waals surface area contributed by atoms with E-state index in [1.54, 1.807) is 25.1 Å². The highest BCUT2D eigenvalue weighted by molar-refractivity contribution is 9.09. The smallest absolute Gasteiger partial charge is 0.192 e. The molecule has 1 aromatic heterocycles. The van der Waals surface area contributed by atoms with Crippen LogP contribution in [0.15, 0.2) is 33.5 Å². The van der Waals surface area contributed by atoms with Crippen molar-refractivity contribution in [3.05, 3.63) is 40.2 Å². The predicted molar refractivity (Wildman–Crippen MR) is 71.1 cm³/mol. The quantitative estimate of drug-likeness (QED) is 0.642. The largest absolute Gasteiger partial charge is 0.493 e. The van der Waals surface area contributed by atoms with Crippen LogP contribution in [0.25, 0.3) is 11.0 Å². The maximum atomic E-state index is 11.7. The van der Waals surface area contributed by atoms with E-state index >= 15 is 0 Å². The van der Waals surface area contributed by atoms with Crippen molar-refractivity contribution in [2.45, 2.75) is 13.3 Å². The number of aryl methyl sites for hydroxylation is 1. The standard InChI is InChI=1S/C13H13BrO3/c1-9-7-12(15)11-4-3-10(8-13(11)17-9)16-6-2-5-14/h3-4,7-8H,2,5-6H2,1H3. The fourth-order valence-corrected chi connectivity index (χ4v) is 1.82. The van der Waals surface area contributed by atoms with Crippen molar-refractivity contribution in [1.82, 2.24) is 0 Å². The zero-order chi connectivity index (χ0) is 12.3. The summed E-state index contributed by atoms with van der Waals surface area (Å²) in [5.41, 5.74) is 0.558. The normalized spacial score (nSPS) is 10.7. The summed E-state index contributed by atoms with van der Waals surface area (Å²) in [5, 5.41) is 1.50. The van der Waals surface area contributed by atoms with E-state index in [0.29, 0.717) is 23.3 Å². The van der Waals surface area contributed by atoms with Crippen molar-refractivity contribution >= 4 is 26.9 Å². The summed E-state index contributed by atoms with van der Waals surface area (Å²) in [4.78, 5) is 11.7. The number of hydrogen-bond acceptors (Lipinski definition) is 3. The van der Waals surface area contributed by atoms with Crippen molar-refractivity contribution in [3.63, 3.8) is 0 Å². The van der Waals surface area contributed by atoms with Crippen molar-refractivity contribution in [1.29, 1.82) is 0 Å². The first-order chi connectivity index (χ1) is 8.20. The number of halogens is 1. The van der Waals surface area contributed by atoms with Crippen LogP contribution in [0.4, 0.5) is 0 Å². The fourth-order valence-electron chi connectivity index (χ4n) is 1.59. The van der Waals surface area contributed by atoms with E-state index in [-0.39, 0.29) is 5.43 Å². The second-order valence-electron chi connectivity index (χ2n) is 3.77. The van der Waals surface area contributed by atoms with Gasteiger partial charge in [-0.15, -0.1) is 0 Å². The Kier molecular flexibility index (Phi) is 3.84. The van der Waals surface area contributed by atoms with Gasteiger partial charge < -0.3 is 9.15 Å². The average molecular weight is 297 g/mol. The van der Waals surface area contributed by atoms with Gasteiger partial charge in [-0.2, -0.15) is 0 Å². The van der Waals surface area contributed by atoms with Gasteiger partial charge >= 0.3 is 0 Å². The number of benzene rings is 1. The molecular formula is C13H13BrO3. The Morgan fingerprint density at radius 1 is 1.35 bits per heavy atom. The molecule has 4 heteroatoms. The summed E-state index contributed by atoms with van der Waals surface area (Å²) in [5.74, 6) is 1.34. The molecule has 0 aliphatic rings. The summed E-state index contributed by atoms with van der Waals surface area (Å²) in [6, 6.07) is 6.79. The summed E-state index contributed by atoms with van der Waals surface area (Å²) in [6.45, 7) is 2.41. The van der Waals surface area contributed by atoms with Gasteiger partial charge in [0, 0.05) is 17.5 Å². The van der Waals surface area contributed by atoms with Gasteiger partial charge in [0.25, 0.3) is 0 Å². The zero-order valence-corrected chi connectivity index (χ0v) is 11.1. The van der Waals surface area contributed by atoms with Crippen LogP contribution in [0, 0.1) is 6.92 Å². The topological polar surface area (TPSA) is 39.4 Å². The minimum Gasteiger partial charge on any atom is -0.493 e. The van der Waals surface area contributed by atoms with Gasteiger partial charge in [0.2, 0.25) is 0 Å². The molecule has 0 radical (unpaired) electrons. The number of hydrogen-bond donors (Lipinski definition) is 0. The Bertz CT molecular complexity index is 574. The Hall–Kier alpha value is -1.29. The molecule has 17 heavy (non-hydrogen) atoms. The third-order valence-electron chi connectivity index (χ3n) is 2.37. The Balaban J connectivity index is 2.33. The molecular weight excluding hydrogens is 284 g/mol. The van der Waals surface area contributed by atoms with Crippen LogP contribution < -0.4 is 10.2 Å². The van der Waals surface area contributed by atoms with Crippen molar-refractivity contribution < 1.29 is 9.15 Å². The molecule has 1 aromatic carbocycles. The summed E-state index contributed by atoms with van der Waals surface area (Å²) >= 11 is 3.34. The molecule has 0 amide bonds. The molecule has 3 nitrogen and oxygen atoms in total. The van der Waals surface area contributed by atoms with Crippen LogP contribution in [0.5, 0.6) is 5.75 Å². The molecule has 2 aromatic rings. The summed E-state index contributed by atoms with van der Waals surface area (Å²) < 4.78 is 11.0. The average Bonchev–Trinajstić information content (AvgIpc) is 2.28.